The monoisotopic (exact) mass is 294 g/mol. The van der Waals surface area contributed by atoms with E-state index in [-0.39, 0.29) is 0 Å². The molecule has 1 atom stereocenters. The lowest BCUT2D eigenvalue weighted by Crippen LogP contribution is -2.44. The van der Waals surface area contributed by atoms with Crippen LogP contribution in [0.1, 0.15) is 23.3 Å². The van der Waals surface area contributed by atoms with Crippen LogP contribution in [0.2, 0.25) is 0 Å². The third-order valence-electron chi connectivity index (χ3n) is 3.80. The molecule has 0 spiro atoms. The van der Waals surface area contributed by atoms with Crippen LogP contribution in [-0.2, 0) is 11.3 Å². The molecule has 1 aliphatic rings. The molecule has 0 amide bonds. The second kappa shape index (κ2) is 7.02. The lowest BCUT2D eigenvalue weighted by molar-refractivity contribution is -0.131. The molecule has 0 radical (unpaired) electrons. The van der Waals surface area contributed by atoms with Crippen LogP contribution in [0.5, 0.6) is 0 Å². The standard InChI is InChI=1S/C15H22N2O2S/c1-16-8-3-4-13(10-16)17(2)11-14-12(7-9-20-14)5-6-15(18)19/h5-7,9,13H,3-4,8,10-11H2,1-2H3,(H,18,19). The van der Waals surface area contributed by atoms with Crippen molar-refractivity contribution < 1.29 is 9.90 Å². The van der Waals surface area contributed by atoms with Crippen molar-refractivity contribution in [3.05, 3.63) is 28.0 Å². The number of rotatable bonds is 5. The Kier molecular flexibility index (Phi) is 5.34. The van der Waals surface area contributed by atoms with Crippen molar-refractivity contribution in [2.45, 2.75) is 25.4 Å². The van der Waals surface area contributed by atoms with Crippen LogP contribution in [0.3, 0.4) is 0 Å². The predicted octanol–water partition coefficient (Wildman–Crippen LogP) is 2.37. The van der Waals surface area contributed by atoms with Gasteiger partial charge in [-0.15, -0.1) is 11.3 Å². The fourth-order valence-electron chi connectivity index (χ4n) is 2.64. The summed E-state index contributed by atoms with van der Waals surface area (Å²) in [6.07, 6.45) is 5.39. The van der Waals surface area contributed by atoms with Crippen molar-refractivity contribution >= 4 is 23.4 Å². The zero-order valence-corrected chi connectivity index (χ0v) is 12.9. The van der Waals surface area contributed by atoms with Gasteiger partial charge in [0.05, 0.1) is 0 Å². The van der Waals surface area contributed by atoms with E-state index in [2.05, 4.69) is 23.9 Å². The molecule has 1 aromatic rings. The van der Waals surface area contributed by atoms with E-state index in [9.17, 15) is 4.79 Å². The molecule has 0 saturated carbocycles. The van der Waals surface area contributed by atoms with E-state index in [1.807, 2.05) is 11.4 Å². The Morgan fingerprint density at radius 2 is 2.45 bits per heavy atom. The highest BCUT2D eigenvalue weighted by Crippen LogP contribution is 2.22. The van der Waals surface area contributed by atoms with Crippen LogP contribution in [0.4, 0.5) is 0 Å². The lowest BCUT2D eigenvalue weighted by atomic mass is 10.0. The maximum absolute atomic E-state index is 10.6. The minimum atomic E-state index is -0.899. The van der Waals surface area contributed by atoms with E-state index in [0.717, 1.165) is 18.7 Å². The maximum Gasteiger partial charge on any atom is 0.328 e. The molecule has 0 aliphatic carbocycles. The Hall–Kier alpha value is -1.17. The summed E-state index contributed by atoms with van der Waals surface area (Å²) in [5.74, 6) is -0.899. The van der Waals surface area contributed by atoms with Gasteiger partial charge in [-0.25, -0.2) is 4.79 Å². The maximum atomic E-state index is 10.6. The third-order valence-corrected chi connectivity index (χ3v) is 4.72. The number of carboxylic acids is 1. The molecule has 20 heavy (non-hydrogen) atoms. The Labute approximate surface area is 124 Å². The summed E-state index contributed by atoms with van der Waals surface area (Å²) in [5.41, 5.74) is 1.02. The minimum Gasteiger partial charge on any atom is -0.478 e. The summed E-state index contributed by atoms with van der Waals surface area (Å²) < 4.78 is 0. The number of thiophene rings is 1. The number of aliphatic carboxylic acids is 1. The van der Waals surface area contributed by atoms with Crippen molar-refractivity contribution in [2.24, 2.45) is 0 Å². The molecular formula is C15H22N2O2S. The first-order valence-electron chi connectivity index (χ1n) is 6.92. The van der Waals surface area contributed by atoms with Crippen LogP contribution >= 0.6 is 11.3 Å². The van der Waals surface area contributed by atoms with Gasteiger partial charge in [0.2, 0.25) is 0 Å². The van der Waals surface area contributed by atoms with Gasteiger partial charge >= 0.3 is 5.97 Å². The zero-order valence-electron chi connectivity index (χ0n) is 12.1. The number of piperidine rings is 1. The smallest absolute Gasteiger partial charge is 0.328 e. The van der Waals surface area contributed by atoms with E-state index in [1.54, 1.807) is 17.4 Å². The highest BCUT2D eigenvalue weighted by atomic mass is 32.1. The van der Waals surface area contributed by atoms with Crippen molar-refractivity contribution in [1.82, 2.24) is 9.80 Å². The summed E-state index contributed by atoms with van der Waals surface area (Å²) in [7, 11) is 4.33. The van der Waals surface area contributed by atoms with Gasteiger partial charge in [-0.1, -0.05) is 0 Å². The first kappa shape index (κ1) is 15.2. The Balaban J connectivity index is 1.99. The van der Waals surface area contributed by atoms with Gasteiger partial charge in [-0.2, -0.15) is 0 Å². The Bertz CT molecular complexity index is 484. The molecule has 110 valence electrons. The van der Waals surface area contributed by atoms with Gasteiger partial charge in [-0.3, -0.25) is 4.90 Å². The Morgan fingerprint density at radius 3 is 3.15 bits per heavy atom. The molecule has 5 heteroatoms. The fourth-order valence-corrected chi connectivity index (χ4v) is 3.57. The van der Waals surface area contributed by atoms with Gasteiger partial charge in [0.15, 0.2) is 0 Å². The number of likely N-dealkylation sites (tertiary alicyclic amines) is 1. The molecule has 1 saturated heterocycles. The molecule has 1 aromatic heterocycles. The highest BCUT2D eigenvalue weighted by Gasteiger charge is 2.21. The summed E-state index contributed by atoms with van der Waals surface area (Å²) in [4.78, 5) is 16.6. The first-order valence-corrected chi connectivity index (χ1v) is 7.80. The van der Waals surface area contributed by atoms with Crippen molar-refractivity contribution in [1.29, 1.82) is 0 Å². The number of carboxylic acid groups (broad SMARTS) is 1. The summed E-state index contributed by atoms with van der Waals surface area (Å²) in [6.45, 7) is 3.19. The van der Waals surface area contributed by atoms with E-state index >= 15 is 0 Å². The normalized spacial score (nSPS) is 20.9. The molecule has 1 fully saturated rings. The van der Waals surface area contributed by atoms with E-state index < -0.39 is 5.97 Å². The average Bonchev–Trinajstić information content (AvgIpc) is 2.83. The van der Waals surface area contributed by atoms with Gasteiger partial charge in [0.1, 0.15) is 0 Å². The van der Waals surface area contributed by atoms with Crippen molar-refractivity contribution in [2.75, 3.05) is 27.2 Å². The number of nitrogens with zero attached hydrogens (tertiary/aromatic N) is 2. The highest BCUT2D eigenvalue weighted by molar-refractivity contribution is 7.10. The quantitative estimate of drug-likeness (QED) is 0.847. The number of hydrogen-bond acceptors (Lipinski definition) is 4. The summed E-state index contributed by atoms with van der Waals surface area (Å²) in [6, 6.07) is 2.58. The van der Waals surface area contributed by atoms with Crippen LogP contribution in [0, 0.1) is 0 Å². The number of likely N-dealkylation sites (N-methyl/N-ethyl adjacent to an activating group) is 2. The third kappa shape index (κ3) is 4.16. The largest absolute Gasteiger partial charge is 0.478 e. The Morgan fingerprint density at radius 1 is 1.65 bits per heavy atom. The minimum absolute atomic E-state index is 0.590. The molecule has 4 nitrogen and oxygen atoms in total. The summed E-state index contributed by atoms with van der Waals surface area (Å²) in [5, 5.41) is 10.7. The van der Waals surface area contributed by atoms with Gasteiger partial charge in [-0.05, 0) is 56.6 Å². The van der Waals surface area contributed by atoms with Crippen LogP contribution in [0.15, 0.2) is 17.5 Å². The van der Waals surface area contributed by atoms with Gasteiger partial charge in [0.25, 0.3) is 0 Å². The van der Waals surface area contributed by atoms with Gasteiger partial charge < -0.3 is 10.0 Å². The molecule has 2 heterocycles. The van der Waals surface area contributed by atoms with Crippen molar-refractivity contribution in [3.8, 4) is 0 Å². The molecule has 1 aliphatic heterocycles. The fraction of sp³-hybridized carbons (Fsp3) is 0.533. The number of carbonyl (C=O) groups is 1. The zero-order chi connectivity index (χ0) is 14.5. The molecule has 2 rings (SSSR count). The summed E-state index contributed by atoms with van der Waals surface area (Å²) >= 11 is 1.69. The number of hydrogen-bond donors (Lipinski definition) is 1. The molecular weight excluding hydrogens is 272 g/mol. The van der Waals surface area contributed by atoms with Crippen LogP contribution in [-0.4, -0.2) is 54.1 Å². The van der Waals surface area contributed by atoms with E-state index in [1.165, 1.54) is 30.3 Å². The van der Waals surface area contributed by atoms with Gasteiger partial charge in [0, 0.05) is 30.1 Å². The first-order chi connectivity index (χ1) is 9.56. The predicted molar refractivity (Wildman–Crippen MR) is 83.0 cm³/mol. The van der Waals surface area contributed by atoms with Crippen LogP contribution < -0.4 is 0 Å². The molecule has 0 aromatic carbocycles. The lowest BCUT2D eigenvalue weighted by Gasteiger charge is -2.35. The molecule has 1 N–H and O–H groups in total. The van der Waals surface area contributed by atoms with Crippen LogP contribution in [0.25, 0.3) is 6.08 Å². The van der Waals surface area contributed by atoms with E-state index in [4.69, 9.17) is 5.11 Å². The topological polar surface area (TPSA) is 43.8 Å². The SMILES string of the molecule is CN1CCCC(N(C)Cc2sccc2C=CC(=O)O)C1. The second-order valence-electron chi connectivity index (χ2n) is 5.44. The average molecular weight is 294 g/mol. The molecule has 1 unspecified atom stereocenters. The van der Waals surface area contributed by atoms with Crippen molar-refractivity contribution in [3.63, 3.8) is 0 Å². The second-order valence-corrected chi connectivity index (χ2v) is 6.44. The molecule has 0 bridgehead atoms. The van der Waals surface area contributed by atoms with E-state index in [0.29, 0.717) is 6.04 Å².